The number of carbonyl (C=O) groups is 2. The Balaban J connectivity index is 2.17. The number of rotatable bonds is 4. The lowest BCUT2D eigenvalue weighted by Crippen LogP contribution is -2.01. The topological polar surface area (TPSA) is 102 Å². The summed E-state index contributed by atoms with van der Waals surface area (Å²) >= 11 is 0. The summed E-state index contributed by atoms with van der Waals surface area (Å²) in [5.41, 5.74) is 2.42. The van der Waals surface area contributed by atoms with Crippen LogP contribution in [-0.2, 0) is 11.8 Å². The zero-order valence-corrected chi connectivity index (χ0v) is 11.9. The maximum absolute atomic E-state index is 11.4. The molecule has 0 saturated heterocycles. The molecular formula is C14H13N5O3. The Hall–Kier alpha value is -3.16. The number of nitrogens with one attached hydrogen (secondary N) is 1. The molecule has 1 aromatic carbocycles. The van der Waals surface area contributed by atoms with Gasteiger partial charge in [-0.1, -0.05) is 0 Å². The maximum Gasteiger partial charge on any atom is 0.341 e. The first kappa shape index (κ1) is 13.8. The molecule has 2 aromatic heterocycles. The summed E-state index contributed by atoms with van der Waals surface area (Å²) in [7, 11) is 1.68. The van der Waals surface area contributed by atoms with Crippen LogP contribution in [0.1, 0.15) is 16.1 Å². The minimum atomic E-state index is -1.03. The Bertz CT molecular complexity index is 876. The summed E-state index contributed by atoms with van der Waals surface area (Å²) in [6, 6.07) is 7.04. The highest BCUT2D eigenvalue weighted by molar-refractivity contribution is 5.96. The number of anilines is 1. The summed E-state index contributed by atoms with van der Waals surface area (Å²) in [5, 5.41) is 20.5. The second kappa shape index (κ2) is 4.99. The minimum absolute atomic E-state index is 0.139. The molecule has 1 amide bonds. The second-order valence-electron chi connectivity index (χ2n) is 4.79. The van der Waals surface area contributed by atoms with Crippen molar-refractivity contribution in [1.29, 1.82) is 0 Å². The number of hydrogen-bond donors (Lipinski definition) is 2. The number of aromatic carboxylic acids is 1. The van der Waals surface area contributed by atoms with E-state index in [0.29, 0.717) is 29.3 Å². The number of nitrogens with zero attached hydrogens (tertiary/aromatic N) is 4. The summed E-state index contributed by atoms with van der Waals surface area (Å²) < 4.78 is 3.01. The van der Waals surface area contributed by atoms with E-state index in [1.165, 1.54) is 9.20 Å². The van der Waals surface area contributed by atoms with Crippen molar-refractivity contribution >= 4 is 23.7 Å². The first-order valence-electron chi connectivity index (χ1n) is 6.49. The van der Waals surface area contributed by atoms with Crippen LogP contribution in [0, 0.1) is 6.92 Å². The molecule has 0 fully saturated rings. The molecule has 0 radical (unpaired) electrons. The van der Waals surface area contributed by atoms with E-state index in [1.54, 1.807) is 38.2 Å². The van der Waals surface area contributed by atoms with Gasteiger partial charge in [-0.25, -0.2) is 9.48 Å². The Morgan fingerprint density at radius 1 is 1.27 bits per heavy atom. The predicted octanol–water partition coefficient (Wildman–Crippen LogP) is 1.31. The number of carboxylic acid groups (broad SMARTS) is 1. The van der Waals surface area contributed by atoms with Gasteiger partial charge >= 0.3 is 5.97 Å². The zero-order valence-electron chi connectivity index (χ0n) is 11.9. The number of benzene rings is 1. The molecule has 8 nitrogen and oxygen atoms in total. The van der Waals surface area contributed by atoms with E-state index in [1.807, 2.05) is 0 Å². The standard InChI is InChI=1S/C14H13N5O3/c1-8-11(14(21)22)13-18(2)17-12(19(13)16-8)9-3-5-10(6-4-9)15-7-20/h3-7H,1-2H3,(H,15,20)(H,21,22). The molecular weight excluding hydrogens is 286 g/mol. The molecule has 2 N–H and O–H groups in total. The average molecular weight is 299 g/mol. The van der Waals surface area contributed by atoms with Gasteiger partial charge in [0.15, 0.2) is 11.5 Å². The van der Waals surface area contributed by atoms with Gasteiger partial charge in [0.1, 0.15) is 5.56 Å². The molecule has 8 heteroatoms. The van der Waals surface area contributed by atoms with Crippen LogP contribution in [0.25, 0.3) is 17.0 Å². The molecule has 0 atom stereocenters. The summed E-state index contributed by atoms with van der Waals surface area (Å²) in [6.07, 6.45) is 0.601. The van der Waals surface area contributed by atoms with Crippen molar-refractivity contribution in [3.8, 4) is 11.4 Å². The SMILES string of the molecule is Cc1nn2c(-c3ccc(NC=O)cc3)nn(C)c2c1C(=O)O. The third kappa shape index (κ3) is 2.01. The fourth-order valence-corrected chi connectivity index (χ4v) is 2.41. The lowest BCUT2D eigenvalue weighted by Gasteiger charge is -2.00. The molecule has 3 rings (SSSR count). The highest BCUT2D eigenvalue weighted by Gasteiger charge is 2.22. The highest BCUT2D eigenvalue weighted by Crippen LogP contribution is 2.24. The van der Waals surface area contributed by atoms with Gasteiger partial charge in [0.25, 0.3) is 0 Å². The number of carboxylic acids is 1. The monoisotopic (exact) mass is 299 g/mol. The van der Waals surface area contributed by atoms with Crippen molar-refractivity contribution in [2.24, 2.45) is 7.05 Å². The quantitative estimate of drug-likeness (QED) is 0.707. The van der Waals surface area contributed by atoms with E-state index in [0.717, 1.165) is 5.56 Å². The minimum Gasteiger partial charge on any atom is -0.477 e. The van der Waals surface area contributed by atoms with Gasteiger partial charge in [0, 0.05) is 18.3 Å². The first-order valence-corrected chi connectivity index (χ1v) is 6.49. The molecule has 22 heavy (non-hydrogen) atoms. The van der Waals surface area contributed by atoms with Gasteiger partial charge in [-0.15, -0.1) is 0 Å². The van der Waals surface area contributed by atoms with Crippen molar-refractivity contribution in [3.63, 3.8) is 0 Å². The van der Waals surface area contributed by atoms with Crippen molar-refractivity contribution in [2.45, 2.75) is 6.92 Å². The number of fused-ring (bicyclic) bond motifs is 1. The van der Waals surface area contributed by atoms with Gasteiger partial charge in [-0.3, -0.25) is 4.79 Å². The van der Waals surface area contributed by atoms with E-state index in [2.05, 4.69) is 15.5 Å². The number of aryl methyl sites for hydroxylation is 2. The van der Waals surface area contributed by atoms with Crippen LogP contribution >= 0.6 is 0 Å². The fraction of sp³-hybridized carbons (Fsp3) is 0.143. The largest absolute Gasteiger partial charge is 0.477 e. The van der Waals surface area contributed by atoms with Crippen LogP contribution in [0.2, 0.25) is 0 Å². The van der Waals surface area contributed by atoms with Crippen molar-refractivity contribution in [3.05, 3.63) is 35.5 Å². The molecule has 0 saturated carbocycles. The summed E-state index contributed by atoms with van der Waals surface area (Å²) in [4.78, 5) is 21.8. The van der Waals surface area contributed by atoms with Crippen LogP contribution in [0.5, 0.6) is 0 Å². The number of hydrogen-bond acceptors (Lipinski definition) is 4. The van der Waals surface area contributed by atoms with Gasteiger partial charge in [0.2, 0.25) is 6.41 Å². The fourth-order valence-electron chi connectivity index (χ4n) is 2.41. The third-order valence-corrected chi connectivity index (χ3v) is 3.37. The number of carbonyl (C=O) groups excluding carboxylic acids is 1. The molecule has 0 unspecified atom stereocenters. The molecule has 0 spiro atoms. The van der Waals surface area contributed by atoms with Crippen LogP contribution in [-0.4, -0.2) is 36.9 Å². The Morgan fingerprint density at radius 3 is 2.55 bits per heavy atom. The van der Waals surface area contributed by atoms with E-state index < -0.39 is 5.97 Å². The smallest absolute Gasteiger partial charge is 0.341 e. The van der Waals surface area contributed by atoms with Crippen molar-refractivity contribution in [2.75, 3.05) is 5.32 Å². The Kier molecular flexibility index (Phi) is 3.13. The van der Waals surface area contributed by atoms with Crippen LogP contribution in [0.15, 0.2) is 24.3 Å². The average Bonchev–Trinajstić information content (AvgIpc) is 2.97. The molecule has 0 bridgehead atoms. The number of amides is 1. The van der Waals surface area contributed by atoms with Crippen molar-refractivity contribution in [1.82, 2.24) is 19.4 Å². The van der Waals surface area contributed by atoms with Crippen LogP contribution < -0.4 is 5.32 Å². The number of aromatic nitrogens is 4. The highest BCUT2D eigenvalue weighted by atomic mass is 16.4. The second-order valence-corrected chi connectivity index (χ2v) is 4.79. The van der Waals surface area contributed by atoms with E-state index in [4.69, 9.17) is 0 Å². The molecule has 112 valence electrons. The maximum atomic E-state index is 11.4. The summed E-state index contributed by atoms with van der Waals surface area (Å²) in [6.45, 7) is 1.65. The first-order chi connectivity index (χ1) is 10.5. The van der Waals surface area contributed by atoms with Gasteiger partial charge in [0.05, 0.1) is 5.69 Å². The van der Waals surface area contributed by atoms with Crippen molar-refractivity contribution < 1.29 is 14.7 Å². The van der Waals surface area contributed by atoms with Crippen LogP contribution in [0.3, 0.4) is 0 Å². The van der Waals surface area contributed by atoms with E-state index >= 15 is 0 Å². The lowest BCUT2D eigenvalue weighted by molar-refractivity contribution is -0.105. The Morgan fingerprint density at radius 2 is 1.95 bits per heavy atom. The third-order valence-electron chi connectivity index (χ3n) is 3.37. The molecule has 0 aliphatic heterocycles. The van der Waals surface area contributed by atoms with Gasteiger partial charge < -0.3 is 10.4 Å². The molecule has 0 aliphatic carbocycles. The van der Waals surface area contributed by atoms with Gasteiger partial charge in [-0.05, 0) is 31.2 Å². The van der Waals surface area contributed by atoms with E-state index in [-0.39, 0.29) is 5.56 Å². The normalized spacial score (nSPS) is 10.8. The molecule has 2 heterocycles. The van der Waals surface area contributed by atoms with Crippen LogP contribution in [0.4, 0.5) is 5.69 Å². The molecule has 3 aromatic rings. The zero-order chi connectivity index (χ0) is 15.9. The summed E-state index contributed by atoms with van der Waals surface area (Å²) in [5.74, 6) is -0.502. The van der Waals surface area contributed by atoms with Gasteiger partial charge in [-0.2, -0.15) is 14.7 Å². The lowest BCUT2D eigenvalue weighted by atomic mass is 10.2. The molecule has 0 aliphatic rings. The Labute approximate surface area is 125 Å². The predicted molar refractivity (Wildman–Crippen MR) is 78.8 cm³/mol. The van der Waals surface area contributed by atoms with E-state index in [9.17, 15) is 14.7 Å².